The highest BCUT2D eigenvalue weighted by Crippen LogP contribution is 2.18. The van der Waals surface area contributed by atoms with Crippen LogP contribution in [0.2, 0.25) is 0 Å². The molecule has 4 N–H and O–H groups in total. The third kappa shape index (κ3) is 3.97. The van der Waals surface area contributed by atoms with Crippen molar-refractivity contribution in [3.8, 4) is 0 Å². The van der Waals surface area contributed by atoms with E-state index in [1.54, 1.807) is 0 Å². The lowest BCUT2D eigenvalue weighted by Crippen LogP contribution is -2.44. The van der Waals surface area contributed by atoms with Crippen LogP contribution in [0.25, 0.3) is 0 Å². The fourth-order valence-electron chi connectivity index (χ4n) is 1.71. The van der Waals surface area contributed by atoms with E-state index in [4.69, 9.17) is 5.73 Å². The van der Waals surface area contributed by atoms with E-state index in [0.29, 0.717) is 19.5 Å². The summed E-state index contributed by atoms with van der Waals surface area (Å²) in [6.07, 6.45) is 2.29. The molecular weight excluding hydrogens is 230 g/mol. The molecule has 0 saturated carbocycles. The van der Waals surface area contributed by atoms with Crippen molar-refractivity contribution in [1.29, 1.82) is 0 Å². The summed E-state index contributed by atoms with van der Waals surface area (Å²) >= 11 is 0. The van der Waals surface area contributed by atoms with Crippen molar-refractivity contribution in [3.63, 3.8) is 0 Å². The molecule has 1 atom stereocenters. The van der Waals surface area contributed by atoms with Crippen molar-refractivity contribution in [2.45, 2.75) is 24.5 Å². The van der Waals surface area contributed by atoms with Crippen molar-refractivity contribution in [3.05, 3.63) is 0 Å². The van der Waals surface area contributed by atoms with Crippen molar-refractivity contribution in [2.24, 2.45) is 5.73 Å². The van der Waals surface area contributed by atoms with Crippen LogP contribution in [0.15, 0.2) is 0 Å². The molecule has 0 spiro atoms. The summed E-state index contributed by atoms with van der Waals surface area (Å²) in [7, 11) is -3.01. The maximum Gasteiger partial charge on any atom is 0.314 e. The van der Waals surface area contributed by atoms with E-state index in [2.05, 4.69) is 10.6 Å². The summed E-state index contributed by atoms with van der Waals surface area (Å²) in [5.74, 6) is 0.240. The summed E-state index contributed by atoms with van der Waals surface area (Å²) in [4.78, 5) is 11.2. The summed E-state index contributed by atoms with van der Waals surface area (Å²) in [5, 5.41) is 4.66. The number of carbonyl (C=O) groups is 1. The van der Waals surface area contributed by atoms with Crippen LogP contribution in [-0.4, -0.2) is 45.1 Å². The summed E-state index contributed by atoms with van der Waals surface area (Å²) in [5.41, 5.74) is 5.22. The highest BCUT2D eigenvalue weighted by Gasteiger charge is 2.28. The number of urea groups is 1. The molecule has 6 nitrogen and oxygen atoms in total. The predicted octanol–water partition coefficient (Wildman–Crippen LogP) is -0.788. The zero-order valence-corrected chi connectivity index (χ0v) is 10.1. The molecule has 1 fully saturated rings. The van der Waals surface area contributed by atoms with Gasteiger partial charge in [-0.25, -0.2) is 13.2 Å². The number of hydrogen-bond donors (Lipinski definition) is 3. The van der Waals surface area contributed by atoms with Crippen LogP contribution >= 0.6 is 0 Å². The van der Waals surface area contributed by atoms with Crippen LogP contribution in [-0.2, 0) is 9.84 Å². The standard InChI is InChI=1S/C9H19N3O3S/c10-4-5-11-9(13)12-7-8-3-1-2-6-16(8,14)15/h8H,1-7,10H2,(H2,11,12,13). The van der Waals surface area contributed by atoms with E-state index >= 15 is 0 Å². The topological polar surface area (TPSA) is 101 Å². The van der Waals surface area contributed by atoms with Gasteiger partial charge in [-0.2, -0.15) is 0 Å². The van der Waals surface area contributed by atoms with Gasteiger partial charge in [-0.15, -0.1) is 0 Å². The van der Waals surface area contributed by atoms with E-state index in [1.165, 1.54) is 0 Å². The maximum atomic E-state index is 11.6. The summed E-state index contributed by atoms with van der Waals surface area (Å²) < 4.78 is 23.2. The molecule has 94 valence electrons. The third-order valence-corrected chi connectivity index (χ3v) is 4.91. The normalized spacial score (nSPS) is 23.7. The molecule has 0 radical (unpaired) electrons. The Bertz CT molecular complexity index is 329. The minimum absolute atomic E-state index is 0.193. The Labute approximate surface area is 95.9 Å². The summed E-state index contributed by atoms with van der Waals surface area (Å²) in [6, 6.07) is -0.355. The smallest absolute Gasteiger partial charge is 0.314 e. The van der Waals surface area contributed by atoms with Gasteiger partial charge in [-0.1, -0.05) is 6.42 Å². The Morgan fingerprint density at radius 3 is 2.69 bits per heavy atom. The zero-order chi connectivity index (χ0) is 12.0. The fourth-order valence-corrected chi connectivity index (χ4v) is 3.51. The number of rotatable bonds is 4. The van der Waals surface area contributed by atoms with Crippen molar-refractivity contribution in [2.75, 3.05) is 25.4 Å². The largest absolute Gasteiger partial charge is 0.337 e. The fraction of sp³-hybridized carbons (Fsp3) is 0.889. The molecular formula is C9H19N3O3S. The number of amides is 2. The van der Waals surface area contributed by atoms with E-state index in [-0.39, 0.29) is 18.3 Å². The first-order valence-corrected chi connectivity index (χ1v) is 7.21. The van der Waals surface area contributed by atoms with Gasteiger partial charge in [-0.05, 0) is 12.8 Å². The maximum absolute atomic E-state index is 11.6. The molecule has 1 saturated heterocycles. The zero-order valence-electron chi connectivity index (χ0n) is 9.24. The van der Waals surface area contributed by atoms with E-state index in [1.807, 2.05) is 0 Å². The molecule has 2 amide bonds. The van der Waals surface area contributed by atoms with E-state index < -0.39 is 15.1 Å². The van der Waals surface area contributed by atoms with Crippen molar-refractivity contribution >= 4 is 15.9 Å². The SMILES string of the molecule is NCCNC(=O)NCC1CCCCS1(=O)=O. The van der Waals surface area contributed by atoms with Gasteiger partial charge in [0.05, 0.1) is 11.0 Å². The van der Waals surface area contributed by atoms with Crippen LogP contribution in [0.3, 0.4) is 0 Å². The van der Waals surface area contributed by atoms with Crippen molar-refractivity contribution < 1.29 is 13.2 Å². The molecule has 1 aliphatic rings. The average Bonchev–Trinajstić information content (AvgIpc) is 2.24. The molecule has 7 heteroatoms. The lowest BCUT2D eigenvalue weighted by Gasteiger charge is -2.22. The number of carbonyl (C=O) groups excluding carboxylic acids is 1. The monoisotopic (exact) mass is 249 g/mol. The molecule has 0 aliphatic carbocycles. The average molecular weight is 249 g/mol. The first kappa shape index (κ1) is 13.2. The lowest BCUT2D eigenvalue weighted by atomic mass is 10.2. The molecule has 1 aliphatic heterocycles. The molecule has 1 heterocycles. The number of nitrogens with one attached hydrogen (secondary N) is 2. The van der Waals surface area contributed by atoms with Gasteiger partial charge >= 0.3 is 6.03 Å². The minimum Gasteiger partial charge on any atom is -0.337 e. The minimum atomic E-state index is -3.01. The Hall–Kier alpha value is -0.820. The van der Waals surface area contributed by atoms with E-state index in [0.717, 1.165) is 12.8 Å². The highest BCUT2D eigenvalue weighted by molar-refractivity contribution is 7.92. The summed E-state index contributed by atoms with van der Waals surface area (Å²) in [6.45, 7) is 0.955. The lowest BCUT2D eigenvalue weighted by molar-refractivity contribution is 0.241. The van der Waals surface area contributed by atoms with Gasteiger partial charge in [0.25, 0.3) is 0 Å². The van der Waals surface area contributed by atoms with Crippen LogP contribution in [0.1, 0.15) is 19.3 Å². The first-order chi connectivity index (χ1) is 7.56. The first-order valence-electron chi connectivity index (χ1n) is 5.49. The molecule has 0 aromatic rings. The van der Waals surface area contributed by atoms with Gasteiger partial charge < -0.3 is 16.4 Å². The Morgan fingerprint density at radius 2 is 2.06 bits per heavy atom. The quantitative estimate of drug-likeness (QED) is 0.608. The molecule has 1 rings (SSSR count). The van der Waals surface area contributed by atoms with Crippen LogP contribution < -0.4 is 16.4 Å². The van der Waals surface area contributed by atoms with Crippen LogP contribution in [0.5, 0.6) is 0 Å². The third-order valence-electron chi connectivity index (χ3n) is 2.63. The Kier molecular flexibility index (Phi) is 5.01. The second kappa shape index (κ2) is 6.05. The molecule has 0 bridgehead atoms. The van der Waals surface area contributed by atoms with Crippen molar-refractivity contribution in [1.82, 2.24) is 10.6 Å². The Morgan fingerprint density at radius 1 is 1.31 bits per heavy atom. The molecule has 0 aromatic heterocycles. The van der Waals surface area contributed by atoms with Gasteiger partial charge in [0.2, 0.25) is 0 Å². The molecule has 16 heavy (non-hydrogen) atoms. The van der Waals surface area contributed by atoms with Gasteiger partial charge in [0, 0.05) is 19.6 Å². The Balaban J connectivity index is 2.33. The van der Waals surface area contributed by atoms with Gasteiger partial charge in [0.15, 0.2) is 9.84 Å². The highest BCUT2D eigenvalue weighted by atomic mass is 32.2. The molecule has 0 aromatic carbocycles. The predicted molar refractivity (Wildman–Crippen MR) is 61.9 cm³/mol. The number of sulfone groups is 1. The van der Waals surface area contributed by atoms with Crippen LogP contribution in [0, 0.1) is 0 Å². The van der Waals surface area contributed by atoms with E-state index in [9.17, 15) is 13.2 Å². The second-order valence-electron chi connectivity index (χ2n) is 3.91. The second-order valence-corrected chi connectivity index (χ2v) is 6.31. The van der Waals surface area contributed by atoms with Crippen LogP contribution in [0.4, 0.5) is 4.79 Å². The number of nitrogens with two attached hydrogens (primary N) is 1. The van der Waals surface area contributed by atoms with Gasteiger partial charge in [0.1, 0.15) is 0 Å². The number of hydrogen-bond acceptors (Lipinski definition) is 4. The molecule has 1 unspecified atom stereocenters. The van der Waals surface area contributed by atoms with Gasteiger partial charge in [-0.3, -0.25) is 0 Å².